The first-order valence-corrected chi connectivity index (χ1v) is 7.62. The standard InChI is InChI=1S/C18H14BrN/c19-16-5-6-18-17(10-16)15(11-20-18)9-12-7-13-3-1-2-4-14(13)8-12/h1-7,10-11,20H,8-9H2. The van der Waals surface area contributed by atoms with E-state index in [2.05, 4.69) is 75.7 Å². The topological polar surface area (TPSA) is 15.8 Å². The van der Waals surface area contributed by atoms with Crippen molar-refractivity contribution in [2.45, 2.75) is 12.8 Å². The number of H-pyrrole nitrogens is 1. The summed E-state index contributed by atoms with van der Waals surface area (Å²) in [6.07, 6.45) is 6.58. The van der Waals surface area contributed by atoms with Gasteiger partial charge in [0.25, 0.3) is 0 Å². The van der Waals surface area contributed by atoms with Gasteiger partial charge in [-0.05, 0) is 47.7 Å². The minimum absolute atomic E-state index is 1.02. The van der Waals surface area contributed by atoms with E-state index in [0.29, 0.717) is 0 Å². The summed E-state index contributed by atoms with van der Waals surface area (Å²) >= 11 is 3.56. The van der Waals surface area contributed by atoms with Crippen LogP contribution in [0.15, 0.2) is 58.7 Å². The smallest absolute Gasteiger partial charge is 0.0457 e. The highest BCUT2D eigenvalue weighted by Crippen LogP contribution is 2.30. The van der Waals surface area contributed by atoms with Crippen LogP contribution in [-0.4, -0.2) is 4.98 Å². The summed E-state index contributed by atoms with van der Waals surface area (Å²) < 4.78 is 1.13. The van der Waals surface area contributed by atoms with E-state index in [-0.39, 0.29) is 0 Å². The molecule has 1 aliphatic rings. The lowest BCUT2D eigenvalue weighted by molar-refractivity contribution is 1.08. The predicted molar refractivity (Wildman–Crippen MR) is 87.8 cm³/mol. The lowest BCUT2D eigenvalue weighted by atomic mass is 10.0. The summed E-state index contributed by atoms with van der Waals surface area (Å²) in [5.74, 6) is 0. The maximum absolute atomic E-state index is 3.56. The van der Waals surface area contributed by atoms with E-state index in [0.717, 1.165) is 17.3 Å². The zero-order valence-electron chi connectivity index (χ0n) is 11.0. The molecule has 4 rings (SSSR count). The van der Waals surface area contributed by atoms with Crippen molar-refractivity contribution in [2.75, 3.05) is 0 Å². The minimum Gasteiger partial charge on any atom is -0.361 e. The van der Waals surface area contributed by atoms with Crippen LogP contribution in [0.3, 0.4) is 0 Å². The Morgan fingerprint density at radius 3 is 2.90 bits per heavy atom. The minimum atomic E-state index is 1.02. The Morgan fingerprint density at radius 2 is 2.00 bits per heavy atom. The van der Waals surface area contributed by atoms with Gasteiger partial charge in [-0.15, -0.1) is 0 Å². The maximum Gasteiger partial charge on any atom is 0.0457 e. The van der Waals surface area contributed by atoms with Crippen LogP contribution < -0.4 is 0 Å². The monoisotopic (exact) mass is 323 g/mol. The van der Waals surface area contributed by atoms with Crippen molar-refractivity contribution in [1.29, 1.82) is 0 Å². The molecule has 0 fully saturated rings. The second-order valence-electron chi connectivity index (χ2n) is 5.36. The Hall–Kier alpha value is -1.80. The molecule has 3 aromatic rings. The van der Waals surface area contributed by atoms with E-state index < -0.39 is 0 Å². The number of aromatic nitrogens is 1. The first-order chi connectivity index (χ1) is 9.79. The number of aromatic amines is 1. The number of rotatable bonds is 2. The van der Waals surface area contributed by atoms with Crippen LogP contribution in [0.2, 0.25) is 0 Å². The number of fused-ring (bicyclic) bond motifs is 2. The second kappa shape index (κ2) is 4.64. The number of hydrogen-bond acceptors (Lipinski definition) is 0. The lowest BCUT2D eigenvalue weighted by Gasteiger charge is -2.01. The molecule has 0 radical (unpaired) electrons. The third-order valence-electron chi connectivity index (χ3n) is 3.98. The van der Waals surface area contributed by atoms with E-state index in [1.807, 2.05) is 0 Å². The molecule has 0 saturated carbocycles. The highest BCUT2D eigenvalue weighted by molar-refractivity contribution is 9.10. The van der Waals surface area contributed by atoms with Crippen molar-refractivity contribution in [3.63, 3.8) is 0 Å². The van der Waals surface area contributed by atoms with Crippen molar-refractivity contribution >= 4 is 32.9 Å². The van der Waals surface area contributed by atoms with E-state index in [1.54, 1.807) is 0 Å². The zero-order valence-corrected chi connectivity index (χ0v) is 12.6. The number of nitrogens with one attached hydrogen (secondary N) is 1. The summed E-state index contributed by atoms with van der Waals surface area (Å²) in [4.78, 5) is 3.36. The molecule has 2 heteroatoms. The van der Waals surface area contributed by atoms with Crippen molar-refractivity contribution in [3.05, 3.63) is 75.4 Å². The predicted octanol–water partition coefficient (Wildman–Crippen LogP) is 5.11. The van der Waals surface area contributed by atoms with Gasteiger partial charge in [0, 0.05) is 21.6 Å². The molecule has 1 aliphatic carbocycles. The number of hydrogen-bond donors (Lipinski definition) is 1. The van der Waals surface area contributed by atoms with Crippen LogP contribution in [0.4, 0.5) is 0 Å². The molecule has 0 aliphatic heterocycles. The molecule has 98 valence electrons. The fourth-order valence-electron chi connectivity index (χ4n) is 3.01. The first kappa shape index (κ1) is 12.0. The molecule has 0 bridgehead atoms. The number of allylic oxidation sites excluding steroid dienone is 1. The molecule has 0 saturated heterocycles. The summed E-state index contributed by atoms with van der Waals surface area (Å²) in [6.45, 7) is 0. The van der Waals surface area contributed by atoms with Crippen LogP contribution in [0.25, 0.3) is 17.0 Å². The Labute approximate surface area is 126 Å². The Bertz CT molecular complexity index is 826. The molecule has 20 heavy (non-hydrogen) atoms. The van der Waals surface area contributed by atoms with Crippen LogP contribution in [0.5, 0.6) is 0 Å². The average Bonchev–Trinajstić information content (AvgIpc) is 3.03. The van der Waals surface area contributed by atoms with Gasteiger partial charge >= 0.3 is 0 Å². The quantitative estimate of drug-likeness (QED) is 0.674. The summed E-state index contributed by atoms with van der Waals surface area (Å²) in [6, 6.07) is 15.1. The second-order valence-corrected chi connectivity index (χ2v) is 6.27. The van der Waals surface area contributed by atoms with Crippen LogP contribution in [0, 0.1) is 0 Å². The third kappa shape index (κ3) is 2.01. The fraction of sp³-hybridized carbons (Fsp3) is 0.111. The summed E-state index contributed by atoms with van der Waals surface area (Å²) in [7, 11) is 0. The maximum atomic E-state index is 3.56. The van der Waals surface area contributed by atoms with Crippen molar-refractivity contribution < 1.29 is 0 Å². The Morgan fingerprint density at radius 1 is 1.10 bits per heavy atom. The zero-order chi connectivity index (χ0) is 13.5. The van der Waals surface area contributed by atoms with Gasteiger partial charge in [0.1, 0.15) is 0 Å². The molecule has 0 amide bonds. The molecule has 1 aromatic heterocycles. The Balaban J connectivity index is 1.68. The van der Waals surface area contributed by atoms with E-state index >= 15 is 0 Å². The van der Waals surface area contributed by atoms with Gasteiger partial charge in [0.15, 0.2) is 0 Å². The van der Waals surface area contributed by atoms with Crippen LogP contribution >= 0.6 is 15.9 Å². The molecule has 0 spiro atoms. The molecule has 1 heterocycles. The normalized spacial score (nSPS) is 13.6. The van der Waals surface area contributed by atoms with E-state index in [4.69, 9.17) is 0 Å². The van der Waals surface area contributed by atoms with Gasteiger partial charge in [0.2, 0.25) is 0 Å². The van der Waals surface area contributed by atoms with E-state index in [9.17, 15) is 0 Å². The van der Waals surface area contributed by atoms with E-state index in [1.165, 1.54) is 33.2 Å². The molecule has 1 nitrogen and oxygen atoms in total. The molecule has 0 atom stereocenters. The molecule has 1 N–H and O–H groups in total. The molecular weight excluding hydrogens is 310 g/mol. The molecule has 2 aromatic carbocycles. The van der Waals surface area contributed by atoms with Crippen molar-refractivity contribution in [1.82, 2.24) is 4.98 Å². The van der Waals surface area contributed by atoms with Gasteiger partial charge in [-0.2, -0.15) is 0 Å². The SMILES string of the molecule is Brc1ccc2[nH]cc(CC3=Cc4ccccc4C3)c2c1. The first-order valence-electron chi connectivity index (χ1n) is 6.82. The highest BCUT2D eigenvalue weighted by Gasteiger charge is 2.14. The van der Waals surface area contributed by atoms with Gasteiger partial charge < -0.3 is 4.98 Å². The summed E-state index contributed by atoms with van der Waals surface area (Å²) in [5, 5.41) is 1.32. The number of benzene rings is 2. The Kier molecular flexibility index (Phi) is 2.78. The summed E-state index contributed by atoms with van der Waals surface area (Å²) in [5.41, 5.74) is 6.90. The lowest BCUT2D eigenvalue weighted by Crippen LogP contribution is -1.89. The van der Waals surface area contributed by atoms with Crippen molar-refractivity contribution in [2.24, 2.45) is 0 Å². The van der Waals surface area contributed by atoms with Gasteiger partial charge in [0.05, 0.1) is 0 Å². The molecular formula is C18H14BrN. The van der Waals surface area contributed by atoms with Crippen LogP contribution in [0.1, 0.15) is 16.7 Å². The van der Waals surface area contributed by atoms with Crippen molar-refractivity contribution in [3.8, 4) is 0 Å². The molecule has 0 unspecified atom stereocenters. The fourth-order valence-corrected chi connectivity index (χ4v) is 3.37. The van der Waals surface area contributed by atoms with Crippen LogP contribution in [-0.2, 0) is 12.8 Å². The van der Waals surface area contributed by atoms with Gasteiger partial charge in [-0.25, -0.2) is 0 Å². The van der Waals surface area contributed by atoms with Gasteiger partial charge in [-0.1, -0.05) is 51.8 Å². The average molecular weight is 324 g/mol. The number of halogens is 1. The highest BCUT2D eigenvalue weighted by atomic mass is 79.9. The van der Waals surface area contributed by atoms with Gasteiger partial charge in [-0.3, -0.25) is 0 Å². The largest absolute Gasteiger partial charge is 0.361 e. The third-order valence-corrected chi connectivity index (χ3v) is 4.47.